The second-order valence-corrected chi connectivity index (χ2v) is 9.14. The number of anilines is 1. The quantitative estimate of drug-likeness (QED) is 0.369. The molecular formula is C22H23F5N2O4S. The lowest BCUT2D eigenvalue weighted by molar-refractivity contribution is -0.137. The van der Waals surface area contributed by atoms with Crippen molar-refractivity contribution in [3.63, 3.8) is 0 Å². The van der Waals surface area contributed by atoms with Gasteiger partial charge >= 0.3 is 6.18 Å². The Morgan fingerprint density at radius 2 is 1.76 bits per heavy atom. The molecule has 1 amide bonds. The maximum Gasteiger partial charge on any atom is 0.416 e. The third-order valence-electron chi connectivity index (χ3n) is 4.43. The summed E-state index contributed by atoms with van der Waals surface area (Å²) in [5, 5.41) is 2.47. The molecule has 6 nitrogen and oxygen atoms in total. The van der Waals surface area contributed by atoms with Crippen molar-refractivity contribution in [1.29, 1.82) is 0 Å². The van der Waals surface area contributed by atoms with Gasteiger partial charge < -0.3 is 10.1 Å². The molecule has 0 spiro atoms. The summed E-state index contributed by atoms with van der Waals surface area (Å²) in [5.74, 6) is -3.07. The van der Waals surface area contributed by atoms with Gasteiger partial charge in [-0.05, 0) is 49.2 Å². The fourth-order valence-corrected chi connectivity index (χ4v) is 3.39. The number of nitrogens with one attached hydrogen (secondary N) is 2. The van der Waals surface area contributed by atoms with E-state index < -0.39 is 51.0 Å². The van der Waals surface area contributed by atoms with E-state index in [4.69, 9.17) is 4.74 Å². The van der Waals surface area contributed by atoms with Gasteiger partial charge in [-0.25, -0.2) is 17.2 Å². The van der Waals surface area contributed by atoms with Crippen molar-refractivity contribution >= 4 is 27.7 Å². The first-order valence-electron chi connectivity index (χ1n) is 10.0. The van der Waals surface area contributed by atoms with E-state index in [1.165, 1.54) is 19.1 Å². The minimum atomic E-state index is -4.56. The van der Waals surface area contributed by atoms with Gasteiger partial charge in [0, 0.05) is 11.6 Å². The lowest BCUT2D eigenvalue weighted by Crippen LogP contribution is -2.25. The van der Waals surface area contributed by atoms with E-state index in [1.54, 1.807) is 11.6 Å². The maximum absolute atomic E-state index is 14.2. The third kappa shape index (κ3) is 7.72. The molecule has 2 N–H and O–H groups in total. The van der Waals surface area contributed by atoms with Crippen molar-refractivity contribution < 1.29 is 39.9 Å². The lowest BCUT2D eigenvalue weighted by atomic mass is 10.1. The van der Waals surface area contributed by atoms with Crippen molar-refractivity contribution in [2.45, 2.75) is 32.5 Å². The Morgan fingerprint density at radius 1 is 1.15 bits per heavy atom. The molecule has 0 saturated heterocycles. The van der Waals surface area contributed by atoms with Gasteiger partial charge in [0.25, 0.3) is 0 Å². The van der Waals surface area contributed by atoms with Crippen LogP contribution in [0, 0.1) is 11.6 Å². The number of hydrogen-bond acceptors (Lipinski definition) is 4. The zero-order valence-electron chi connectivity index (χ0n) is 18.5. The summed E-state index contributed by atoms with van der Waals surface area (Å²) >= 11 is 0. The molecule has 186 valence electrons. The highest BCUT2D eigenvalue weighted by molar-refractivity contribution is 7.92. The first-order valence-corrected chi connectivity index (χ1v) is 11.9. The van der Waals surface area contributed by atoms with Crippen LogP contribution in [0.25, 0.3) is 6.08 Å². The summed E-state index contributed by atoms with van der Waals surface area (Å²) in [6.45, 7) is 3.40. The molecule has 0 fully saturated rings. The number of sulfonamides is 1. The van der Waals surface area contributed by atoms with Gasteiger partial charge in [0.1, 0.15) is 11.4 Å². The highest BCUT2D eigenvalue weighted by Gasteiger charge is 2.31. The van der Waals surface area contributed by atoms with Crippen LogP contribution in [-0.2, 0) is 21.0 Å². The van der Waals surface area contributed by atoms with E-state index in [0.717, 1.165) is 36.6 Å². The molecule has 0 saturated carbocycles. The Morgan fingerprint density at radius 3 is 2.29 bits per heavy atom. The summed E-state index contributed by atoms with van der Waals surface area (Å²) in [4.78, 5) is 12.3. The molecule has 12 heteroatoms. The van der Waals surface area contributed by atoms with Gasteiger partial charge in [0.2, 0.25) is 15.9 Å². The molecule has 2 rings (SSSR count). The van der Waals surface area contributed by atoms with E-state index >= 15 is 0 Å². The molecule has 0 aliphatic heterocycles. The number of carbonyl (C=O) groups excluding carboxylic acids is 1. The lowest BCUT2D eigenvalue weighted by Gasteiger charge is -2.15. The Balaban J connectivity index is 2.18. The van der Waals surface area contributed by atoms with Crippen molar-refractivity contribution in [2.24, 2.45) is 0 Å². The number of benzene rings is 2. The number of carbonyl (C=O) groups is 1. The van der Waals surface area contributed by atoms with Crippen LogP contribution in [0.2, 0.25) is 0 Å². The molecule has 34 heavy (non-hydrogen) atoms. The summed E-state index contributed by atoms with van der Waals surface area (Å²) in [6.07, 6.45) is -0.957. The van der Waals surface area contributed by atoms with E-state index in [-0.39, 0.29) is 23.5 Å². The SMILES string of the molecule is CCCOc1cc(C(F)(F)F)ccc1C=CC(=O)N[C@H](C)c1cc(F)c(NS(C)(=O)=O)c(F)c1. The topological polar surface area (TPSA) is 84.5 Å². The summed E-state index contributed by atoms with van der Waals surface area (Å²) in [5.41, 5.74) is -1.48. The molecule has 2 aromatic carbocycles. The van der Waals surface area contributed by atoms with Crippen molar-refractivity contribution in [2.75, 3.05) is 17.6 Å². The van der Waals surface area contributed by atoms with E-state index in [1.807, 2.05) is 0 Å². The average molecular weight is 506 g/mol. The van der Waals surface area contributed by atoms with Crippen LogP contribution in [-0.4, -0.2) is 27.2 Å². The van der Waals surface area contributed by atoms with E-state index in [0.29, 0.717) is 6.42 Å². The van der Waals surface area contributed by atoms with Crippen LogP contribution in [0.15, 0.2) is 36.4 Å². The van der Waals surface area contributed by atoms with Crippen LogP contribution in [0.3, 0.4) is 0 Å². The highest BCUT2D eigenvalue weighted by atomic mass is 32.2. The van der Waals surface area contributed by atoms with Crippen LogP contribution >= 0.6 is 0 Å². The van der Waals surface area contributed by atoms with Crippen LogP contribution in [0.1, 0.15) is 43.0 Å². The van der Waals surface area contributed by atoms with Crippen LogP contribution < -0.4 is 14.8 Å². The highest BCUT2D eigenvalue weighted by Crippen LogP contribution is 2.33. The normalized spacial score (nSPS) is 13.1. The van der Waals surface area contributed by atoms with Gasteiger partial charge in [-0.2, -0.15) is 13.2 Å². The second-order valence-electron chi connectivity index (χ2n) is 7.40. The monoisotopic (exact) mass is 506 g/mol. The van der Waals surface area contributed by atoms with Crippen molar-refractivity contribution in [3.8, 4) is 5.75 Å². The Hall–Kier alpha value is -3.15. The Kier molecular flexibility index (Phi) is 8.65. The molecule has 0 bridgehead atoms. The van der Waals surface area contributed by atoms with Crippen molar-refractivity contribution in [3.05, 3.63) is 64.7 Å². The molecule has 0 aromatic heterocycles. The van der Waals surface area contributed by atoms with E-state index in [9.17, 15) is 35.2 Å². The number of amides is 1. The first-order chi connectivity index (χ1) is 15.7. The van der Waals surface area contributed by atoms with E-state index in [2.05, 4.69) is 5.32 Å². The van der Waals surface area contributed by atoms with Crippen LogP contribution in [0.5, 0.6) is 5.75 Å². The molecule has 0 radical (unpaired) electrons. The fraction of sp³-hybridized carbons (Fsp3) is 0.318. The maximum atomic E-state index is 14.2. The number of hydrogen-bond donors (Lipinski definition) is 2. The summed E-state index contributed by atoms with van der Waals surface area (Å²) < 4.78 is 96.9. The number of alkyl halides is 3. The molecular weight excluding hydrogens is 483 g/mol. The molecule has 0 unspecified atom stereocenters. The molecule has 1 atom stereocenters. The predicted octanol–water partition coefficient (Wildman–Crippen LogP) is 5.03. The fourth-order valence-electron chi connectivity index (χ4n) is 2.82. The molecule has 0 aliphatic rings. The largest absolute Gasteiger partial charge is 0.493 e. The summed E-state index contributed by atoms with van der Waals surface area (Å²) in [6, 6.07) is 3.73. The molecule has 2 aromatic rings. The number of rotatable bonds is 9. The first kappa shape index (κ1) is 27.1. The number of halogens is 5. The minimum absolute atomic E-state index is 0.0253. The smallest absolute Gasteiger partial charge is 0.416 e. The average Bonchev–Trinajstić information content (AvgIpc) is 2.72. The zero-order chi connectivity index (χ0) is 25.7. The minimum Gasteiger partial charge on any atom is -0.493 e. The molecule has 0 heterocycles. The van der Waals surface area contributed by atoms with Crippen molar-refractivity contribution in [1.82, 2.24) is 5.32 Å². The molecule has 0 aliphatic carbocycles. The van der Waals surface area contributed by atoms with Crippen LogP contribution in [0.4, 0.5) is 27.6 Å². The third-order valence-corrected chi connectivity index (χ3v) is 5.00. The zero-order valence-corrected chi connectivity index (χ0v) is 19.3. The van der Waals surface area contributed by atoms with Gasteiger partial charge in [-0.1, -0.05) is 13.0 Å². The Labute approximate surface area is 193 Å². The Bertz CT molecular complexity index is 1160. The van der Waals surface area contributed by atoms with Gasteiger partial charge in [0.15, 0.2) is 11.6 Å². The van der Waals surface area contributed by atoms with Gasteiger partial charge in [0.05, 0.1) is 24.5 Å². The van der Waals surface area contributed by atoms with Gasteiger partial charge in [-0.15, -0.1) is 0 Å². The standard InChI is InChI=1S/C22H23F5N2O4S/c1-4-9-33-19-12-16(22(25,26)27)7-5-14(19)6-8-20(30)28-13(2)15-10-17(23)21(18(24)11-15)29-34(3,31)32/h5-8,10-13,29H,4,9H2,1-3H3,(H,28,30)/t13-/m1/s1. The van der Waals surface area contributed by atoms with Gasteiger partial charge in [-0.3, -0.25) is 9.52 Å². The summed E-state index contributed by atoms with van der Waals surface area (Å²) in [7, 11) is -3.91. The number of ether oxygens (including phenoxy) is 1. The predicted molar refractivity (Wildman–Crippen MR) is 118 cm³/mol. The second kappa shape index (κ2) is 10.9.